The van der Waals surface area contributed by atoms with E-state index in [1.54, 1.807) is 18.2 Å². The van der Waals surface area contributed by atoms with Gasteiger partial charge in [0.2, 0.25) is 0 Å². The number of anilines is 2. The van der Waals surface area contributed by atoms with Gasteiger partial charge in [0, 0.05) is 23.6 Å². The fourth-order valence-electron chi connectivity index (χ4n) is 3.03. The van der Waals surface area contributed by atoms with Gasteiger partial charge in [-0.05, 0) is 23.6 Å². The lowest BCUT2D eigenvalue weighted by Crippen LogP contribution is -2.35. The minimum atomic E-state index is -4.50. The third kappa shape index (κ3) is 3.57. The van der Waals surface area contributed by atoms with Crippen LogP contribution in [0, 0.1) is 0 Å². The van der Waals surface area contributed by atoms with Crippen LogP contribution in [0.4, 0.5) is 24.7 Å². The fourth-order valence-corrected chi connectivity index (χ4v) is 3.98. The van der Waals surface area contributed by atoms with Gasteiger partial charge >= 0.3 is 6.18 Å². The largest absolute Gasteiger partial charge is 0.410 e. The van der Waals surface area contributed by atoms with Gasteiger partial charge in [0.15, 0.2) is 16.9 Å². The maximum Gasteiger partial charge on any atom is 0.410 e. The van der Waals surface area contributed by atoms with Gasteiger partial charge in [0.1, 0.15) is 5.82 Å². The molecule has 0 fully saturated rings. The van der Waals surface area contributed by atoms with Crippen LogP contribution in [0.3, 0.4) is 0 Å². The highest BCUT2D eigenvalue weighted by Crippen LogP contribution is 2.44. The molecule has 28 heavy (non-hydrogen) atoms. The van der Waals surface area contributed by atoms with Crippen LogP contribution in [0.5, 0.6) is 0 Å². The number of thiophene rings is 1. The predicted molar refractivity (Wildman–Crippen MR) is 99.8 cm³/mol. The lowest BCUT2D eigenvalue weighted by atomic mass is 10.0. The third-order valence-electron chi connectivity index (χ3n) is 4.32. The summed E-state index contributed by atoms with van der Waals surface area (Å²) >= 11 is 7.28. The minimum absolute atomic E-state index is 0.0730. The van der Waals surface area contributed by atoms with Gasteiger partial charge in [-0.2, -0.15) is 18.3 Å². The van der Waals surface area contributed by atoms with Crippen molar-refractivity contribution in [1.29, 1.82) is 0 Å². The van der Waals surface area contributed by atoms with E-state index in [9.17, 15) is 18.0 Å². The summed E-state index contributed by atoms with van der Waals surface area (Å²) in [6.45, 7) is 0. The van der Waals surface area contributed by atoms with E-state index in [2.05, 4.69) is 20.7 Å². The first-order valence-corrected chi connectivity index (χ1v) is 9.47. The number of nitrogens with zero attached hydrogens (tertiary/aromatic N) is 3. The SMILES string of the molecule is O=C(Nc1cccnc1Cl)c1cc2n(n1)[C@H](C(F)(F)F)C[C@H](c1cccs1)N2. The second-order valence-electron chi connectivity index (χ2n) is 6.16. The topological polar surface area (TPSA) is 71.8 Å². The van der Waals surface area contributed by atoms with Gasteiger partial charge in [-0.3, -0.25) is 4.79 Å². The van der Waals surface area contributed by atoms with Gasteiger partial charge in [-0.1, -0.05) is 17.7 Å². The summed E-state index contributed by atoms with van der Waals surface area (Å²) in [6.07, 6.45) is -3.26. The van der Waals surface area contributed by atoms with Gasteiger partial charge in [-0.15, -0.1) is 11.3 Å². The van der Waals surface area contributed by atoms with Crippen LogP contribution >= 0.6 is 22.9 Å². The summed E-state index contributed by atoms with van der Waals surface area (Å²) in [6, 6.07) is 5.63. The van der Waals surface area contributed by atoms with Crippen molar-refractivity contribution in [2.24, 2.45) is 0 Å². The highest BCUT2D eigenvalue weighted by Gasteiger charge is 2.47. The average molecular weight is 428 g/mol. The molecule has 0 spiro atoms. The molecule has 1 amide bonds. The molecule has 6 nitrogen and oxygen atoms in total. The summed E-state index contributed by atoms with van der Waals surface area (Å²) in [5.74, 6) is -0.540. The van der Waals surface area contributed by atoms with Crippen molar-refractivity contribution in [3.8, 4) is 0 Å². The Labute approximate surface area is 166 Å². The van der Waals surface area contributed by atoms with Crippen LogP contribution in [-0.4, -0.2) is 26.8 Å². The molecule has 3 aromatic rings. The summed E-state index contributed by atoms with van der Waals surface area (Å²) < 4.78 is 41.7. The highest BCUT2D eigenvalue weighted by molar-refractivity contribution is 7.10. The second-order valence-corrected chi connectivity index (χ2v) is 7.50. The van der Waals surface area contributed by atoms with Gasteiger partial charge in [-0.25, -0.2) is 9.67 Å². The predicted octanol–water partition coefficient (Wildman–Crippen LogP) is 4.91. The zero-order valence-electron chi connectivity index (χ0n) is 14.1. The molecule has 0 saturated heterocycles. The first kappa shape index (κ1) is 18.8. The first-order valence-electron chi connectivity index (χ1n) is 8.21. The molecule has 0 aromatic carbocycles. The summed E-state index contributed by atoms with van der Waals surface area (Å²) in [5, 5.41) is 11.3. The van der Waals surface area contributed by atoms with E-state index in [4.69, 9.17) is 11.6 Å². The molecular weight excluding hydrogens is 415 g/mol. The number of alkyl halides is 3. The van der Waals surface area contributed by atoms with Crippen molar-refractivity contribution in [2.45, 2.75) is 24.7 Å². The number of fused-ring (bicyclic) bond motifs is 1. The van der Waals surface area contributed by atoms with Crippen LogP contribution in [0.2, 0.25) is 5.15 Å². The highest BCUT2D eigenvalue weighted by atomic mass is 35.5. The van der Waals surface area contributed by atoms with E-state index in [-0.39, 0.29) is 28.8 Å². The molecule has 1 aliphatic rings. The Morgan fingerprint density at radius 2 is 2.18 bits per heavy atom. The number of rotatable bonds is 3. The molecule has 2 N–H and O–H groups in total. The smallest absolute Gasteiger partial charge is 0.363 e. The zero-order valence-corrected chi connectivity index (χ0v) is 15.6. The summed E-state index contributed by atoms with van der Waals surface area (Å²) in [4.78, 5) is 17.1. The van der Waals surface area contributed by atoms with E-state index in [1.807, 2.05) is 5.38 Å². The molecule has 2 atom stereocenters. The van der Waals surface area contributed by atoms with E-state index in [1.165, 1.54) is 29.7 Å². The Kier molecular flexibility index (Phi) is 4.76. The van der Waals surface area contributed by atoms with Crippen LogP contribution in [-0.2, 0) is 0 Å². The summed E-state index contributed by atoms with van der Waals surface area (Å²) in [5.41, 5.74) is 0.0976. The Morgan fingerprint density at radius 1 is 1.36 bits per heavy atom. The maximum absolute atomic E-state index is 13.6. The van der Waals surface area contributed by atoms with Crippen LogP contribution < -0.4 is 10.6 Å². The molecule has 0 aliphatic carbocycles. The van der Waals surface area contributed by atoms with E-state index < -0.39 is 24.2 Å². The molecule has 4 rings (SSSR count). The van der Waals surface area contributed by atoms with E-state index >= 15 is 0 Å². The van der Waals surface area contributed by atoms with Gasteiger partial charge in [0.05, 0.1) is 11.7 Å². The molecule has 0 saturated carbocycles. The quantitative estimate of drug-likeness (QED) is 0.583. The van der Waals surface area contributed by atoms with Crippen molar-refractivity contribution in [3.63, 3.8) is 0 Å². The van der Waals surface area contributed by atoms with Gasteiger partial charge in [0.25, 0.3) is 5.91 Å². The Balaban J connectivity index is 1.65. The van der Waals surface area contributed by atoms with E-state index in [0.29, 0.717) is 0 Å². The van der Waals surface area contributed by atoms with Gasteiger partial charge < -0.3 is 10.6 Å². The molecule has 146 valence electrons. The fraction of sp³-hybridized carbons (Fsp3) is 0.235. The minimum Gasteiger partial charge on any atom is -0.363 e. The van der Waals surface area contributed by atoms with E-state index in [0.717, 1.165) is 9.56 Å². The number of pyridine rings is 1. The lowest BCUT2D eigenvalue weighted by molar-refractivity contribution is -0.173. The number of hydrogen-bond donors (Lipinski definition) is 2. The Morgan fingerprint density at radius 3 is 2.86 bits per heavy atom. The van der Waals surface area contributed by atoms with Crippen LogP contribution in [0.1, 0.15) is 33.9 Å². The molecule has 0 radical (unpaired) electrons. The lowest BCUT2D eigenvalue weighted by Gasteiger charge is -2.32. The van der Waals surface area contributed by atoms with Crippen molar-refractivity contribution < 1.29 is 18.0 Å². The zero-order chi connectivity index (χ0) is 19.9. The molecular formula is C17H13ClF3N5OS. The summed E-state index contributed by atoms with van der Waals surface area (Å²) in [7, 11) is 0. The first-order chi connectivity index (χ1) is 13.3. The Hall–Kier alpha value is -2.59. The third-order valence-corrected chi connectivity index (χ3v) is 5.60. The van der Waals surface area contributed by atoms with Crippen LogP contribution in [0.25, 0.3) is 0 Å². The monoisotopic (exact) mass is 427 g/mol. The van der Waals surface area contributed by atoms with Crippen molar-refractivity contribution in [2.75, 3.05) is 10.6 Å². The molecule has 0 unspecified atom stereocenters. The standard InChI is InChI=1S/C17H13ClF3N5OS/c18-15-9(3-1-5-22-15)24-16(27)11-8-14-23-10(12-4-2-6-28-12)7-13(17(19,20)21)26(14)25-11/h1-6,8,10,13,23H,7H2,(H,24,27)/t10-,13+/m1/s1. The number of hydrogen-bond acceptors (Lipinski definition) is 5. The molecule has 0 bridgehead atoms. The number of nitrogens with one attached hydrogen (secondary N) is 2. The molecule has 11 heteroatoms. The molecule has 4 heterocycles. The average Bonchev–Trinajstić information content (AvgIpc) is 3.31. The number of amides is 1. The number of carbonyl (C=O) groups is 1. The van der Waals surface area contributed by atoms with Crippen LogP contribution in [0.15, 0.2) is 41.9 Å². The molecule has 1 aliphatic heterocycles. The number of aromatic nitrogens is 3. The maximum atomic E-state index is 13.6. The van der Waals surface area contributed by atoms with Crippen molar-refractivity contribution in [3.05, 3.63) is 57.6 Å². The normalized spacial score (nSPS) is 19.0. The Bertz CT molecular complexity index is 1000. The van der Waals surface area contributed by atoms with Crippen molar-refractivity contribution >= 4 is 40.4 Å². The molecule has 3 aromatic heterocycles. The van der Waals surface area contributed by atoms with Crippen molar-refractivity contribution in [1.82, 2.24) is 14.8 Å². The number of carbonyl (C=O) groups excluding carboxylic acids is 1. The second kappa shape index (κ2) is 7.10. The number of halogens is 4.